The van der Waals surface area contributed by atoms with E-state index < -0.39 is 5.60 Å². The summed E-state index contributed by atoms with van der Waals surface area (Å²) in [4.78, 5) is 13.8. The second-order valence-electron chi connectivity index (χ2n) is 6.88. The van der Waals surface area contributed by atoms with Gasteiger partial charge in [-0.3, -0.25) is 0 Å². The van der Waals surface area contributed by atoms with Crippen molar-refractivity contribution in [3.05, 3.63) is 24.2 Å². The lowest BCUT2D eigenvalue weighted by molar-refractivity contribution is 0.0199. The molecule has 0 saturated carbocycles. The zero-order valence-electron chi connectivity index (χ0n) is 14.2. The third-order valence-corrected chi connectivity index (χ3v) is 3.75. The van der Waals surface area contributed by atoms with E-state index in [-0.39, 0.29) is 12.0 Å². The summed E-state index contributed by atoms with van der Waals surface area (Å²) in [5.74, 6) is 1.29. The number of piperidine rings is 1. The van der Waals surface area contributed by atoms with Crippen molar-refractivity contribution < 1.29 is 13.9 Å². The molecule has 0 radical (unpaired) electrons. The minimum Gasteiger partial charge on any atom is -0.444 e. The fourth-order valence-electron chi connectivity index (χ4n) is 2.59. The molecule has 0 bridgehead atoms. The first-order chi connectivity index (χ1) is 11.4. The van der Waals surface area contributed by atoms with E-state index in [0.717, 1.165) is 12.8 Å². The van der Waals surface area contributed by atoms with Crippen LogP contribution in [0.15, 0.2) is 16.8 Å². The number of amides is 1. The van der Waals surface area contributed by atoms with Gasteiger partial charge in [0.15, 0.2) is 0 Å². The lowest BCUT2D eigenvalue weighted by Crippen LogP contribution is -2.41. The molecule has 0 unspecified atom stereocenters. The van der Waals surface area contributed by atoms with Crippen LogP contribution in [-0.2, 0) is 11.3 Å². The Balaban J connectivity index is 1.53. The van der Waals surface area contributed by atoms with E-state index in [9.17, 15) is 4.79 Å². The Labute approximate surface area is 140 Å². The molecular weight excluding hydrogens is 312 g/mol. The van der Waals surface area contributed by atoms with Crippen LogP contribution < -0.4 is 0 Å². The van der Waals surface area contributed by atoms with E-state index in [4.69, 9.17) is 9.15 Å². The molecule has 1 fully saturated rings. The van der Waals surface area contributed by atoms with Crippen LogP contribution in [0.1, 0.15) is 51.3 Å². The van der Waals surface area contributed by atoms with Crippen LogP contribution in [0, 0.1) is 0 Å². The molecule has 3 heterocycles. The molecule has 9 nitrogen and oxygen atoms in total. The number of carbonyl (C=O) groups is 1. The molecule has 2 aromatic rings. The highest BCUT2D eigenvalue weighted by Crippen LogP contribution is 2.28. The molecule has 24 heavy (non-hydrogen) atoms. The number of nitrogens with zero attached hydrogens (tertiary/aromatic N) is 6. The van der Waals surface area contributed by atoms with Gasteiger partial charge in [-0.1, -0.05) is 5.21 Å². The maximum absolute atomic E-state index is 12.1. The molecule has 0 aromatic carbocycles. The normalized spacial score (nSPS) is 16.4. The van der Waals surface area contributed by atoms with Crippen LogP contribution in [0.5, 0.6) is 0 Å². The van der Waals surface area contributed by atoms with Crippen LogP contribution in [0.4, 0.5) is 4.79 Å². The maximum atomic E-state index is 12.1. The fourth-order valence-corrected chi connectivity index (χ4v) is 2.59. The minimum atomic E-state index is -0.476. The Morgan fingerprint density at radius 1 is 1.33 bits per heavy atom. The number of carbonyl (C=O) groups excluding carboxylic acids is 1. The number of ether oxygens (including phenoxy) is 1. The van der Waals surface area contributed by atoms with Crippen molar-refractivity contribution in [3.63, 3.8) is 0 Å². The highest BCUT2D eigenvalue weighted by atomic mass is 16.6. The summed E-state index contributed by atoms with van der Waals surface area (Å²) >= 11 is 0. The molecule has 0 N–H and O–H groups in total. The second kappa shape index (κ2) is 6.58. The van der Waals surface area contributed by atoms with Gasteiger partial charge in [0.1, 0.15) is 12.1 Å². The predicted molar refractivity (Wildman–Crippen MR) is 83.2 cm³/mol. The number of likely N-dealkylation sites (tertiary alicyclic amines) is 1. The van der Waals surface area contributed by atoms with Gasteiger partial charge in [-0.05, 0) is 33.6 Å². The van der Waals surface area contributed by atoms with Crippen molar-refractivity contribution in [2.45, 2.75) is 51.7 Å². The lowest BCUT2D eigenvalue weighted by atomic mass is 9.97. The smallest absolute Gasteiger partial charge is 0.410 e. The molecule has 2 aromatic heterocycles. The first-order valence-electron chi connectivity index (χ1n) is 8.05. The molecule has 1 aliphatic rings. The molecule has 3 rings (SSSR count). The van der Waals surface area contributed by atoms with Crippen molar-refractivity contribution in [2.75, 3.05) is 13.1 Å². The summed E-state index contributed by atoms with van der Waals surface area (Å²) in [7, 11) is 0. The monoisotopic (exact) mass is 334 g/mol. The van der Waals surface area contributed by atoms with Crippen LogP contribution >= 0.6 is 0 Å². The van der Waals surface area contributed by atoms with Gasteiger partial charge in [0.25, 0.3) is 0 Å². The van der Waals surface area contributed by atoms with Crippen molar-refractivity contribution in [1.29, 1.82) is 0 Å². The summed E-state index contributed by atoms with van der Waals surface area (Å²) in [6.45, 7) is 7.26. The van der Waals surface area contributed by atoms with E-state index in [2.05, 4.69) is 20.5 Å². The molecular formula is C15H22N6O3. The van der Waals surface area contributed by atoms with E-state index in [1.165, 1.54) is 0 Å². The second-order valence-corrected chi connectivity index (χ2v) is 6.88. The van der Waals surface area contributed by atoms with Crippen LogP contribution in [0.3, 0.4) is 0 Å². The first-order valence-corrected chi connectivity index (χ1v) is 8.05. The van der Waals surface area contributed by atoms with Gasteiger partial charge in [-0.25, -0.2) is 9.48 Å². The Hall–Kier alpha value is -2.45. The molecule has 1 saturated heterocycles. The Morgan fingerprint density at radius 2 is 2.08 bits per heavy atom. The van der Waals surface area contributed by atoms with E-state index >= 15 is 0 Å². The fraction of sp³-hybridized carbons (Fsp3) is 0.667. The largest absolute Gasteiger partial charge is 0.444 e. The number of hydrogen-bond acceptors (Lipinski definition) is 7. The highest BCUT2D eigenvalue weighted by Gasteiger charge is 2.29. The zero-order valence-corrected chi connectivity index (χ0v) is 14.2. The van der Waals surface area contributed by atoms with Gasteiger partial charge in [-0.15, -0.1) is 15.3 Å². The van der Waals surface area contributed by atoms with Crippen molar-refractivity contribution >= 4 is 6.09 Å². The Kier molecular flexibility index (Phi) is 4.50. The molecule has 0 spiro atoms. The Bertz CT molecular complexity index is 668. The third kappa shape index (κ3) is 4.09. The summed E-state index contributed by atoms with van der Waals surface area (Å²) in [6.07, 6.45) is 4.64. The minimum absolute atomic E-state index is 0.167. The van der Waals surface area contributed by atoms with Gasteiger partial charge in [0.05, 0.1) is 6.20 Å². The molecule has 0 aliphatic carbocycles. The van der Waals surface area contributed by atoms with Gasteiger partial charge in [0, 0.05) is 25.2 Å². The van der Waals surface area contributed by atoms with Crippen molar-refractivity contribution in [2.24, 2.45) is 0 Å². The number of aromatic nitrogens is 5. The summed E-state index contributed by atoms with van der Waals surface area (Å²) in [5, 5.41) is 15.8. The van der Waals surface area contributed by atoms with E-state index in [1.807, 2.05) is 20.8 Å². The average molecular weight is 334 g/mol. The predicted octanol–water partition coefficient (Wildman–Crippen LogP) is 1.82. The maximum Gasteiger partial charge on any atom is 0.410 e. The van der Waals surface area contributed by atoms with Gasteiger partial charge in [0.2, 0.25) is 11.8 Å². The van der Waals surface area contributed by atoms with Crippen molar-refractivity contribution in [3.8, 4) is 0 Å². The van der Waals surface area contributed by atoms with E-state index in [1.54, 1.807) is 22.0 Å². The van der Waals surface area contributed by atoms with Crippen LogP contribution in [-0.4, -0.2) is 54.9 Å². The molecule has 0 atom stereocenters. The van der Waals surface area contributed by atoms with Gasteiger partial charge in [-0.2, -0.15) is 0 Å². The van der Waals surface area contributed by atoms with Crippen LogP contribution in [0.2, 0.25) is 0 Å². The Morgan fingerprint density at radius 3 is 2.71 bits per heavy atom. The number of rotatable bonds is 3. The summed E-state index contributed by atoms with van der Waals surface area (Å²) in [6, 6.07) is 0. The summed E-state index contributed by atoms with van der Waals surface area (Å²) < 4.78 is 12.8. The SMILES string of the molecule is CC(C)(C)OC(=O)N1CCC(c2nnc(Cn3ccnn3)o2)CC1. The molecule has 130 valence electrons. The third-order valence-electron chi connectivity index (χ3n) is 3.75. The zero-order chi connectivity index (χ0) is 17.2. The number of hydrogen-bond donors (Lipinski definition) is 0. The quantitative estimate of drug-likeness (QED) is 0.844. The summed E-state index contributed by atoms with van der Waals surface area (Å²) in [5.41, 5.74) is -0.476. The average Bonchev–Trinajstić information content (AvgIpc) is 3.18. The molecule has 9 heteroatoms. The van der Waals surface area contributed by atoms with Gasteiger partial charge < -0.3 is 14.1 Å². The molecule has 1 amide bonds. The lowest BCUT2D eigenvalue weighted by Gasteiger charge is -2.32. The highest BCUT2D eigenvalue weighted by molar-refractivity contribution is 5.68. The van der Waals surface area contributed by atoms with Crippen molar-refractivity contribution in [1.82, 2.24) is 30.1 Å². The van der Waals surface area contributed by atoms with E-state index in [0.29, 0.717) is 31.4 Å². The first kappa shape index (κ1) is 16.4. The standard InChI is InChI=1S/C15H22N6O3/c1-15(2,3)24-14(22)20-7-4-11(5-8-20)13-18-17-12(23-13)10-21-9-6-16-19-21/h6,9,11H,4-5,7-8,10H2,1-3H3. The van der Waals surface area contributed by atoms with Gasteiger partial charge >= 0.3 is 6.09 Å². The topological polar surface area (TPSA) is 99.2 Å². The van der Waals surface area contributed by atoms with Crippen LogP contribution in [0.25, 0.3) is 0 Å². The molecule has 1 aliphatic heterocycles.